The van der Waals surface area contributed by atoms with Gasteiger partial charge in [0.1, 0.15) is 18.0 Å². The molecule has 0 saturated heterocycles. The first-order valence-electron chi connectivity index (χ1n) is 6.44. The molecule has 0 spiro atoms. The average molecular weight is 268 g/mol. The molecule has 2 rings (SSSR count). The van der Waals surface area contributed by atoms with Crippen LogP contribution in [-0.2, 0) is 6.42 Å². The van der Waals surface area contributed by atoms with Gasteiger partial charge in [-0.15, -0.1) is 0 Å². The van der Waals surface area contributed by atoms with Gasteiger partial charge in [0.15, 0.2) is 0 Å². The van der Waals surface area contributed by atoms with Gasteiger partial charge in [-0.1, -0.05) is 6.07 Å². The fourth-order valence-electron chi connectivity index (χ4n) is 1.68. The molecule has 0 bridgehead atoms. The molecule has 0 amide bonds. The van der Waals surface area contributed by atoms with Crippen LogP contribution in [0.1, 0.15) is 12.0 Å². The smallest absolute Gasteiger partial charge is 0.131 e. The number of aromatic nitrogens is 3. The highest BCUT2D eigenvalue weighted by Crippen LogP contribution is 2.08. The van der Waals surface area contributed by atoms with Gasteiger partial charge in [0.2, 0.25) is 0 Å². The van der Waals surface area contributed by atoms with Crippen molar-refractivity contribution in [2.75, 3.05) is 23.7 Å². The Labute approximate surface area is 117 Å². The van der Waals surface area contributed by atoms with Crippen LogP contribution in [0.3, 0.4) is 0 Å². The van der Waals surface area contributed by atoms with Crippen LogP contribution in [0.4, 0.5) is 11.6 Å². The van der Waals surface area contributed by atoms with E-state index in [2.05, 4.69) is 31.7 Å². The second kappa shape index (κ2) is 7.69. The van der Waals surface area contributed by atoms with Crippen LogP contribution in [0.2, 0.25) is 0 Å². The number of rotatable bonds is 7. The van der Waals surface area contributed by atoms with E-state index in [-0.39, 0.29) is 0 Å². The van der Waals surface area contributed by atoms with Crippen LogP contribution in [0, 0.1) is 11.3 Å². The maximum atomic E-state index is 8.48. The summed E-state index contributed by atoms with van der Waals surface area (Å²) in [6.45, 7) is 1.36. The molecule has 0 fully saturated rings. The molecule has 0 aliphatic rings. The van der Waals surface area contributed by atoms with Crippen molar-refractivity contribution in [3.8, 4) is 6.07 Å². The molecule has 0 aliphatic heterocycles. The SMILES string of the molecule is N#CCCNc1cc(NCCc2cccnc2)ncn1. The average Bonchev–Trinajstić information content (AvgIpc) is 2.49. The van der Waals surface area contributed by atoms with E-state index < -0.39 is 0 Å². The third kappa shape index (κ3) is 4.53. The number of hydrogen-bond donors (Lipinski definition) is 2. The molecule has 2 aromatic heterocycles. The first-order valence-corrected chi connectivity index (χ1v) is 6.44. The summed E-state index contributed by atoms with van der Waals surface area (Å²) in [4.78, 5) is 12.3. The highest BCUT2D eigenvalue weighted by Gasteiger charge is 1.98. The van der Waals surface area contributed by atoms with Crippen molar-refractivity contribution in [2.45, 2.75) is 12.8 Å². The van der Waals surface area contributed by atoms with Crippen molar-refractivity contribution < 1.29 is 0 Å². The molecule has 6 nitrogen and oxygen atoms in total. The van der Waals surface area contributed by atoms with Crippen molar-refractivity contribution in [3.05, 3.63) is 42.5 Å². The van der Waals surface area contributed by atoms with E-state index in [1.54, 1.807) is 6.20 Å². The lowest BCUT2D eigenvalue weighted by molar-refractivity contribution is 0.984. The summed E-state index contributed by atoms with van der Waals surface area (Å²) < 4.78 is 0. The number of hydrogen-bond acceptors (Lipinski definition) is 6. The number of nitrogens with zero attached hydrogens (tertiary/aromatic N) is 4. The lowest BCUT2D eigenvalue weighted by Gasteiger charge is -2.07. The molecule has 0 atom stereocenters. The molecular formula is C14H16N6. The Balaban J connectivity index is 1.81. The topological polar surface area (TPSA) is 86.5 Å². The zero-order valence-electron chi connectivity index (χ0n) is 11.1. The Bertz CT molecular complexity index is 563. The number of pyridine rings is 1. The van der Waals surface area contributed by atoms with E-state index in [0.717, 1.165) is 24.6 Å². The summed E-state index contributed by atoms with van der Waals surface area (Å²) in [5, 5.41) is 14.8. The number of nitrogens with one attached hydrogen (secondary N) is 2. The molecule has 6 heteroatoms. The first-order chi connectivity index (χ1) is 9.88. The van der Waals surface area contributed by atoms with E-state index in [1.807, 2.05) is 24.4 Å². The minimum Gasteiger partial charge on any atom is -0.370 e. The predicted octanol–water partition coefficient (Wildman–Crippen LogP) is 1.85. The van der Waals surface area contributed by atoms with Gasteiger partial charge in [0, 0.05) is 31.5 Å². The second-order valence-corrected chi connectivity index (χ2v) is 4.16. The predicted molar refractivity (Wildman–Crippen MR) is 77.2 cm³/mol. The van der Waals surface area contributed by atoms with Crippen LogP contribution < -0.4 is 10.6 Å². The van der Waals surface area contributed by atoms with Gasteiger partial charge in [-0.05, 0) is 18.1 Å². The van der Waals surface area contributed by atoms with E-state index in [4.69, 9.17) is 5.26 Å². The van der Waals surface area contributed by atoms with Crippen molar-refractivity contribution in [1.29, 1.82) is 5.26 Å². The molecule has 20 heavy (non-hydrogen) atoms. The molecule has 0 aromatic carbocycles. The summed E-state index contributed by atoms with van der Waals surface area (Å²) in [5.74, 6) is 1.49. The molecule has 0 saturated carbocycles. The van der Waals surface area contributed by atoms with Gasteiger partial charge in [0.25, 0.3) is 0 Å². The van der Waals surface area contributed by atoms with Crippen molar-refractivity contribution in [2.24, 2.45) is 0 Å². The number of anilines is 2. The Kier molecular flexibility index (Phi) is 5.28. The van der Waals surface area contributed by atoms with Crippen LogP contribution in [0.25, 0.3) is 0 Å². The van der Waals surface area contributed by atoms with E-state index in [9.17, 15) is 0 Å². The minimum atomic E-state index is 0.452. The summed E-state index contributed by atoms with van der Waals surface area (Å²) in [6, 6.07) is 7.88. The molecule has 2 heterocycles. The zero-order valence-corrected chi connectivity index (χ0v) is 11.1. The van der Waals surface area contributed by atoms with Gasteiger partial charge < -0.3 is 10.6 Å². The second-order valence-electron chi connectivity index (χ2n) is 4.16. The first kappa shape index (κ1) is 13.7. The normalized spacial score (nSPS) is 9.75. The highest BCUT2D eigenvalue weighted by atomic mass is 15.1. The van der Waals surface area contributed by atoms with Crippen molar-refractivity contribution in [1.82, 2.24) is 15.0 Å². The lowest BCUT2D eigenvalue weighted by Crippen LogP contribution is -2.08. The van der Waals surface area contributed by atoms with Crippen LogP contribution in [0.15, 0.2) is 36.9 Å². The summed E-state index contributed by atoms with van der Waals surface area (Å²) >= 11 is 0. The van der Waals surface area contributed by atoms with E-state index in [0.29, 0.717) is 13.0 Å². The molecular weight excluding hydrogens is 252 g/mol. The minimum absolute atomic E-state index is 0.452. The summed E-state index contributed by atoms with van der Waals surface area (Å²) in [7, 11) is 0. The monoisotopic (exact) mass is 268 g/mol. The maximum absolute atomic E-state index is 8.48. The molecule has 2 aromatic rings. The fourth-order valence-corrected chi connectivity index (χ4v) is 1.68. The van der Waals surface area contributed by atoms with Gasteiger partial charge in [-0.2, -0.15) is 5.26 Å². The Morgan fingerprint density at radius 2 is 1.95 bits per heavy atom. The van der Waals surface area contributed by atoms with E-state index >= 15 is 0 Å². The van der Waals surface area contributed by atoms with E-state index in [1.165, 1.54) is 11.9 Å². The third-order valence-corrected chi connectivity index (χ3v) is 2.65. The standard InChI is InChI=1S/C14H16N6/c15-5-2-7-17-13-9-14(20-11-19-13)18-8-4-12-3-1-6-16-10-12/h1,3,6,9-11H,2,4,7-8H2,(H2,17,18,19,20). The van der Waals surface area contributed by atoms with Crippen molar-refractivity contribution >= 4 is 11.6 Å². The van der Waals surface area contributed by atoms with Crippen LogP contribution >= 0.6 is 0 Å². The maximum Gasteiger partial charge on any atom is 0.131 e. The summed E-state index contributed by atoms with van der Waals surface area (Å²) in [5.41, 5.74) is 1.18. The lowest BCUT2D eigenvalue weighted by atomic mass is 10.2. The quantitative estimate of drug-likeness (QED) is 0.745. The highest BCUT2D eigenvalue weighted by molar-refractivity contribution is 5.46. The summed E-state index contributed by atoms with van der Waals surface area (Å²) in [6.07, 6.45) is 6.46. The Morgan fingerprint density at radius 3 is 2.65 bits per heavy atom. The molecule has 0 radical (unpaired) electrons. The Morgan fingerprint density at radius 1 is 1.15 bits per heavy atom. The third-order valence-electron chi connectivity index (χ3n) is 2.65. The van der Waals surface area contributed by atoms with Gasteiger partial charge in [0.05, 0.1) is 12.5 Å². The molecule has 2 N–H and O–H groups in total. The molecule has 0 aliphatic carbocycles. The molecule has 0 unspecified atom stereocenters. The van der Waals surface area contributed by atoms with Crippen LogP contribution in [0.5, 0.6) is 0 Å². The van der Waals surface area contributed by atoms with Gasteiger partial charge in [-0.25, -0.2) is 9.97 Å². The number of nitriles is 1. The Hall–Kier alpha value is -2.68. The molecule has 102 valence electrons. The van der Waals surface area contributed by atoms with Crippen molar-refractivity contribution in [3.63, 3.8) is 0 Å². The van der Waals surface area contributed by atoms with Gasteiger partial charge in [-0.3, -0.25) is 4.98 Å². The fraction of sp³-hybridized carbons (Fsp3) is 0.286. The van der Waals surface area contributed by atoms with Gasteiger partial charge >= 0.3 is 0 Å². The largest absolute Gasteiger partial charge is 0.370 e. The zero-order chi connectivity index (χ0) is 14.0. The van der Waals surface area contributed by atoms with Crippen LogP contribution in [-0.4, -0.2) is 28.0 Å².